The van der Waals surface area contributed by atoms with Gasteiger partial charge in [0.25, 0.3) is 0 Å². The zero-order chi connectivity index (χ0) is 13.4. The molecule has 1 saturated heterocycles. The summed E-state index contributed by atoms with van der Waals surface area (Å²) in [5.74, 6) is 1.96. The maximum Gasteiger partial charge on any atom is 0.317 e. The number of hydrogen-bond donors (Lipinski definition) is 2. The highest BCUT2D eigenvalue weighted by atomic mass is 16.2. The molecule has 104 valence electrons. The monoisotopic (exact) mass is 262 g/mol. The number of urea groups is 1. The highest BCUT2D eigenvalue weighted by Crippen LogP contribution is 2.40. The maximum absolute atomic E-state index is 12.1. The summed E-state index contributed by atoms with van der Waals surface area (Å²) in [5, 5.41) is 10.0. The van der Waals surface area contributed by atoms with Crippen molar-refractivity contribution in [1.82, 2.24) is 20.4 Å². The molecule has 5 heteroatoms. The summed E-state index contributed by atoms with van der Waals surface area (Å²) in [7, 11) is 0. The first kappa shape index (κ1) is 12.5. The van der Waals surface area contributed by atoms with Crippen molar-refractivity contribution in [2.45, 2.75) is 39.2 Å². The van der Waals surface area contributed by atoms with Crippen molar-refractivity contribution in [2.24, 2.45) is 11.8 Å². The van der Waals surface area contributed by atoms with E-state index in [2.05, 4.69) is 29.4 Å². The van der Waals surface area contributed by atoms with Gasteiger partial charge in [0.15, 0.2) is 0 Å². The number of aromatic nitrogens is 2. The van der Waals surface area contributed by atoms with Crippen LogP contribution in [0.4, 0.5) is 4.79 Å². The lowest BCUT2D eigenvalue weighted by molar-refractivity contribution is 0.206. The predicted octanol–water partition coefficient (Wildman–Crippen LogP) is 2.08. The van der Waals surface area contributed by atoms with Crippen LogP contribution in [0.1, 0.15) is 43.9 Å². The Hall–Kier alpha value is -1.52. The average Bonchev–Trinajstić information content (AvgIpc) is 2.92. The molecule has 2 fully saturated rings. The third kappa shape index (κ3) is 2.33. The number of hydrogen-bond acceptors (Lipinski definition) is 2. The van der Waals surface area contributed by atoms with Crippen LogP contribution in [0.25, 0.3) is 0 Å². The van der Waals surface area contributed by atoms with E-state index in [1.165, 1.54) is 18.4 Å². The molecule has 1 aliphatic carbocycles. The van der Waals surface area contributed by atoms with Crippen LogP contribution in [0.15, 0.2) is 6.20 Å². The van der Waals surface area contributed by atoms with Crippen molar-refractivity contribution in [3.8, 4) is 0 Å². The van der Waals surface area contributed by atoms with Crippen LogP contribution in [0.3, 0.4) is 0 Å². The fourth-order valence-electron chi connectivity index (χ4n) is 3.16. The van der Waals surface area contributed by atoms with Gasteiger partial charge in [0.05, 0.1) is 18.4 Å². The number of rotatable bonds is 3. The van der Waals surface area contributed by atoms with Crippen LogP contribution < -0.4 is 5.32 Å². The minimum absolute atomic E-state index is 0.0682. The van der Waals surface area contributed by atoms with Crippen LogP contribution in [0.2, 0.25) is 0 Å². The van der Waals surface area contributed by atoms with Gasteiger partial charge in [-0.2, -0.15) is 5.10 Å². The average molecular weight is 262 g/mol. The molecule has 0 radical (unpaired) electrons. The Morgan fingerprint density at radius 1 is 1.47 bits per heavy atom. The zero-order valence-electron chi connectivity index (χ0n) is 11.6. The van der Waals surface area contributed by atoms with Gasteiger partial charge in [-0.1, -0.05) is 13.8 Å². The number of likely N-dealkylation sites (tertiary alicyclic amines) is 1. The van der Waals surface area contributed by atoms with Gasteiger partial charge < -0.3 is 10.2 Å². The maximum atomic E-state index is 12.1. The van der Waals surface area contributed by atoms with Gasteiger partial charge in [-0.25, -0.2) is 4.79 Å². The number of carbonyl (C=O) groups is 1. The molecule has 2 amide bonds. The molecular formula is C14H22N4O. The third-order valence-electron chi connectivity index (χ3n) is 4.56. The first-order valence-corrected chi connectivity index (χ1v) is 7.20. The second-order valence-electron chi connectivity index (χ2n) is 6.12. The van der Waals surface area contributed by atoms with E-state index in [1.54, 1.807) is 0 Å². The van der Waals surface area contributed by atoms with Crippen molar-refractivity contribution in [3.05, 3.63) is 17.5 Å². The Labute approximate surface area is 113 Å². The molecule has 1 aromatic heterocycles. The van der Waals surface area contributed by atoms with E-state index in [0.717, 1.165) is 30.6 Å². The highest BCUT2D eigenvalue weighted by molar-refractivity contribution is 5.74. The Kier molecular flexibility index (Phi) is 3.21. The van der Waals surface area contributed by atoms with Crippen molar-refractivity contribution < 1.29 is 4.79 Å². The van der Waals surface area contributed by atoms with Crippen LogP contribution in [0.5, 0.6) is 0 Å². The van der Waals surface area contributed by atoms with E-state index in [4.69, 9.17) is 0 Å². The topological polar surface area (TPSA) is 61.0 Å². The highest BCUT2D eigenvalue weighted by Gasteiger charge is 2.40. The molecule has 1 aromatic rings. The van der Waals surface area contributed by atoms with E-state index < -0.39 is 0 Å². The number of H-pyrrole nitrogens is 1. The van der Waals surface area contributed by atoms with Gasteiger partial charge in [0.2, 0.25) is 0 Å². The fraction of sp³-hybridized carbons (Fsp3) is 0.714. The molecule has 0 spiro atoms. The second kappa shape index (κ2) is 4.87. The summed E-state index contributed by atoms with van der Waals surface area (Å²) in [4.78, 5) is 14.1. The lowest BCUT2D eigenvalue weighted by Gasteiger charge is -2.27. The van der Waals surface area contributed by atoms with Crippen molar-refractivity contribution in [1.29, 1.82) is 0 Å². The molecular weight excluding hydrogens is 240 g/mol. The fourth-order valence-corrected chi connectivity index (χ4v) is 3.16. The Morgan fingerprint density at radius 2 is 2.16 bits per heavy atom. The molecule has 1 saturated carbocycles. The number of carbonyl (C=O) groups excluding carboxylic acids is 1. The summed E-state index contributed by atoms with van der Waals surface area (Å²) >= 11 is 0. The Balaban J connectivity index is 1.54. The van der Waals surface area contributed by atoms with E-state index in [9.17, 15) is 4.79 Å². The summed E-state index contributed by atoms with van der Waals surface area (Å²) in [6.45, 7) is 6.69. The van der Waals surface area contributed by atoms with Gasteiger partial charge in [-0.15, -0.1) is 0 Å². The van der Waals surface area contributed by atoms with Crippen molar-refractivity contribution in [3.63, 3.8) is 0 Å². The first-order valence-electron chi connectivity index (χ1n) is 7.20. The minimum atomic E-state index is 0.0682. The lowest BCUT2D eigenvalue weighted by Crippen LogP contribution is -2.38. The normalized spacial score (nSPS) is 25.3. The predicted molar refractivity (Wildman–Crippen MR) is 72.7 cm³/mol. The van der Waals surface area contributed by atoms with Crippen LogP contribution in [-0.2, 0) is 6.54 Å². The van der Waals surface area contributed by atoms with Gasteiger partial charge in [0, 0.05) is 13.1 Å². The van der Waals surface area contributed by atoms with E-state index >= 15 is 0 Å². The summed E-state index contributed by atoms with van der Waals surface area (Å²) in [5.41, 5.74) is 2.20. The summed E-state index contributed by atoms with van der Waals surface area (Å²) in [6.07, 6.45) is 4.45. The summed E-state index contributed by atoms with van der Waals surface area (Å²) < 4.78 is 0. The molecule has 0 bridgehead atoms. The third-order valence-corrected chi connectivity index (χ3v) is 4.56. The molecule has 1 aliphatic heterocycles. The standard InChI is InChI=1S/C14H22N4O/c1-9(2)12-5-16-17-13(12)6-15-14(19)18-7-10-3-4-11(10)8-18/h5,9-11H,3-4,6-8H2,1-2H3,(H,15,19)(H,16,17)/t10-,11+. The SMILES string of the molecule is CC(C)c1cn[nH]c1CNC(=O)N1C[C@H]2CC[C@H]2C1. The molecule has 2 heterocycles. The van der Waals surface area contributed by atoms with Crippen molar-refractivity contribution in [2.75, 3.05) is 13.1 Å². The number of fused-ring (bicyclic) bond motifs is 1. The molecule has 2 atom stereocenters. The lowest BCUT2D eigenvalue weighted by atomic mass is 9.77. The molecule has 19 heavy (non-hydrogen) atoms. The molecule has 0 unspecified atom stereocenters. The van der Waals surface area contributed by atoms with Gasteiger partial charge in [0.1, 0.15) is 0 Å². The van der Waals surface area contributed by atoms with E-state index in [1.807, 2.05) is 11.1 Å². The smallest absolute Gasteiger partial charge is 0.317 e. The molecule has 2 aliphatic rings. The number of nitrogens with one attached hydrogen (secondary N) is 2. The van der Waals surface area contributed by atoms with Gasteiger partial charge in [-0.05, 0) is 36.2 Å². The largest absolute Gasteiger partial charge is 0.332 e. The second-order valence-corrected chi connectivity index (χ2v) is 6.12. The van der Waals surface area contributed by atoms with Crippen LogP contribution >= 0.6 is 0 Å². The quantitative estimate of drug-likeness (QED) is 0.876. The van der Waals surface area contributed by atoms with Crippen molar-refractivity contribution >= 4 is 6.03 Å². The van der Waals surface area contributed by atoms with Gasteiger partial charge >= 0.3 is 6.03 Å². The Bertz CT molecular complexity index is 456. The van der Waals surface area contributed by atoms with E-state index in [-0.39, 0.29) is 6.03 Å². The van der Waals surface area contributed by atoms with Gasteiger partial charge in [-0.3, -0.25) is 5.10 Å². The number of aromatic amines is 1. The van der Waals surface area contributed by atoms with Crippen LogP contribution in [-0.4, -0.2) is 34.2 Å². The minimum Gasteiger partial charge on any atom is -0.332 e. The number of amides is 2. The molecule has 5 nitrogen and oxygen atoms in total. The molecule has 2 N–H and O–H groups in total. The summed E-state index contributed by atoms with van der Waals surface area (Å²) in [6, 6.07) is 0.0682. The zero-order valence-corrected chi connectivity index (χ0v) is 11.6. The number of nitrogens with zero attached hydrogens (tertiary/aromatic N) is 2. The van der Waals surface area contributed by atoms with Crippen LogP contribution in [0, 0.1) is 11.8 Å². The van der Waals surface area contributed by atoms with E-state index in [0.29, 0.717) is 12.5 Å². The first-order chi connectivity index (χ1) is 9.15. The molecule has 0 aromatic carbocycles. The Morgan fingerprint density at radius 3 is 2.74 bits per heavy atom. The molecule has 3 rings (SSSR count).